The lowest BCUT2D eigenvalue weighted by molar-refractivity contribution is 0.225. The maximum absolute atomic E-state index is 9.95. The first kappa shape index (κ1) is 9.23. The molecule has 0 aliphatic carbocycles. The summed E-state index contributed by atoms with van der Waals surface area (Å²) >= 11 is 1.50. The molecular formula is C9H11N3OS. The number of nitrogen functional groups attached to an aromatic ring is 1. The van der Waals surface area contributed by atoms with Crippen molar-refractivity contribution in [2.45, 2.75) is 6.10 Å². The van der Waals surface area contributed by atoms with Crippen LogP contribution >= 0.6 is 11.3 Å². The third-order valence-electron chi connectivity index (χ3n) is 2.12. The normalized spacial score (nSPS) is 13.0. The predicted octanol–water partition coefficient (Wildman–Crippen LogP) is 1.15. The Balaban J connectivity index is 2.36. The number of anilines is 1. The van der Waals surface area contributed by atoms with Crippen molar-refractivity contribution in [3.8, 4) is 0 Å². The molecule has 2 aromatic rings. The highest BCUT2D eigenvalue weighted by Gasteiger charge is 2.16. The topological polar surface area (TPSA) is 64.1 Å². The van der Waals surface area contributed by atoms with Crippen molar-refractivity contribution in [2.75, 3.05) is 5.73 Å². The fraction of sp³-hybridized carbons (Fsp3) is 0.222. The van der Waals surface area contributed by atoms with E-state index in [1.165, 1.54) is 11.3 Å². The molecule has 2 aromatic heterocycles. The molecule has 0 saturated heterocycles. The Morgan fingerprint density at radius 3 is 2.93 bits per heavy atom. The zero-order valence-corrected chi connectivity index (χ0v) is 8.53. The van der Waals surface area contributed by atoms with E-state index < -0.39 is 6.10 Å². The Labute approximate surface area is 85.6 Å². The van der Waals surface area contributed by atoms with Gasteiger partial charge in [0.1, 0.15) is 11.9 Å². The van der Waals surface area contributed by atoms with E-state index in [0.29, 0.717) is 11.4 Å². The summed E-state index contributed by atoms with van der Waals surface area (Å²) in [7, 11) is 1.75. The van der Waals surface area contributed by atoms with Crippen LogP contribution in [0.15, 0.2) is 23.7 Å². The van der Waals surface area contributed by atoms with Crippen LogP contribution in [0.1, 0.15) is 16.5 Å². The van der Waals surface area contributed by atoms with E-state index in [-0.39, 0.29) is 0 Å². The van der Waals surface area contributed by atoms with Crippen LogP contribution in [0.4, 0.5) is 5.82 Å². The van der Waals surface area contributed by atoms with E-state index in [1.54, 1.807) is 17.9 Å². The lowest BCUT2D eigenvalue weighted by Gasteiger charge is -2.06. The van der Waals surface area contributed by atoms with Gasteiger partial charge in [0.05, 0.1) is 6.20 Å². The number of thiophene rings is 1. The fourth-order valence-corrected chi connectivity index (χ4v) is 2.00. The minimum atomic E-state index is -0.663. The van der Waals surface area contributed by atoms with E-state index in [9.17, 15) is 5.11 Å². The maximum Gasteiger partial charge on any atom is 0.127 e. The molecule has 1 atom stereocenters. The molecule has 1 unspecified atom stereocenters. The summed E-state index contributed by atoms with van der Waals surface area (Å²) in [5.74, 6) is 0.505. The third-order valence-corrected chi connectivity index (χ3v) is 3.05. The van der Waals surface area contributed by atoms with Crippen LogP contribution in [0.25, 0.3) is 0 Å². The average Bonchev–Trinajstić information content (AvgIpc) is 2.77. The number of nitrogens with zero attached hydrogens (tertiary/aromatic N) is 2. The van der Waals surface area contributed by atoms with Crippen LogP contribution in [-0.2, 0) is 7.05 Å². The van der Waals surface area contributed by atoms with Crippen molar-refractivity contribution in [3.63, 3.8) is 0 Å². The molecule has 2 heterocycles. The van der Waals surface area contributed by atoms with Gasteiger partial charge in [-0.15, -0.1) is 11.3 Å². The first-order chi connectivity index (χ1) is 6.70. The molecule has 0 spiro atoms. The van der Waals surface area contributed by atoms with Gasteiger partial charge in [-0.25, -0.2) is 0 Å². The molecule has 0 saturated carbocycles. The Morgan fingerprint density at radius 1 is 1.64 bits per heavy atom. The minimum Gasteiger partial charge on any atom is -0.384 e. The van der Waals surface area contributed by atoms with Crippen LogP contribution in [0.2, 0.25) is 0 Å². The van der Waals surface area contributed by atoms with E-state index in [4.69, 9.17) is 5.73 Å². The summed E-state index contributed by atoms with van der Waals surface area (Å²) in [5.41, 5.74) is 6.42. The highest BCUT2D eigenvalue weighted by atomic mass is 32.1. The SMILES string of the molecule is Cn1ncc(C(O)c2cccs2)c1N. The summed E-state index contributed by atoms with van der Waals surface area (Å²) < 4.78 is 1.55. The van der Waals surface area contributed by atoms with Gasteiger partial charge in [0.25, 0.3) is 0 Å². The van der Waals surface area contributed by atoms with Crippen molar-refractivity contribution in [1.82, 2.24) is 9.78 Å². The zero-order valence-electron chi connectivity index (χ0n) is 7.71. The molecule has 2 rings (SSSR count). The Morgan fingerprint density at radius 2 is 2.43 bits per heavy atom. The summed E-state index contributed by atoms with van der Waals surface area (Å²) in [5, 5.41) is 15.9. The molecule has 5 heteroatoms. The van der Waals surface area contributed by atoms with Gasteiger partial charge in [0, 0.05) is 17.5 Å². The third kappa shape index (κ3) is 1.40. The average molecular weight is 209 g/mol. The second-order valence-corrected chi connectivity index (χ2v) is 4.01. The largest absolute Gasteiger partial charge is 0.384 e. The number of aliphatic hydroxyl groups is 1. The molecule has 4 nitrogen and oxygen atoms in total. The summed E-state index contributed by atoms with van der Waals surface area (Å²) in [6, 6.07) is 3.78. The van der Waals surface area contributed by atoms with Crippen LogP contribution in [0.3, 0.4) is 0 Å². The minimum absolute atomic E-state index is 0.505. The summed E-state index contributed by atoms with van der Waals surface area (Å²) in [6.07, 6.45) is 0.934. The fourth-order valence-electron chi connectivity index (χ4n) is 1.27. The van der Waals surface area contributed by atoms with Gasteiger partial charge in [-0.05, 0) is 11.4 Å². The number of hydrogen-bond acceptors (Lipinski definition) is 4. The molecule has 0 aliphatic rings. The van der Waals surface area contributed by atoms with E-state index in [0.717, 1.165) is 4.88 Å². The van der Waals surface area contributed by atoms with Crippen molar-refractivity contribution >= 4 is 17.2 Å². The molecule has 0 amide bonds. The smallest absolute Gasteiger partial charge is 0.127 e. The van der Waals surface area contributed by atoms with Crippen LogP contribution < -0.4 is 5.73 Å². The first-order valence-electron chi connectivity index (χ1n) is 4.19. The van der Waals surface area contributed by atoms with Gasteiger partial charge < -0.3 is 10.8 Å². The molecule has 0 aliphatic heterocycles. The van der Waals surface area contributed by atoms with Gasteiger partial charge in [0.15, 0.2) is 0 Å². The Hall–Kier alpha value is -1.33. The molecular weight excluding hydrogens is 198 g/mol. The van der Waals surface area contributed by atoms with Gasteiger partial charge in [0.2, 0.25) is 0 Å². The van der Waals surface area contributed by atoms with Crippen LogP contribution in [-0.4, -0.2) is 14.9 Å². The molecule has 0 bridgehead atoms. The number of rotatable bonds is 2. The molecule has 0 fully saturated rings. The number of nitrogens with two attached hydrogens (primary N) is 1. The van der Waals surface area contributed by atoms with Crippen LogP contribution in [0.5, 0.6) is 0 Å². The monoisotopic (exact) mass is 209 g/mol. The second-order valence-electron chi connectivity index (χ2n) is 3.03. The van der Waals surface area contributed by atoms with E-state index in [2.05, 4.69) is 5.10 Å². The lowest BCUT2D eigenvalue weighted by Crippen LogP contribution is -2.03. The van der Waals surface area contributed by atoms with Crippen molar-refractivity contribution in [1.29, 1.82) is 0 Å². The number of hydrogen-bond donors (Lipinski definition) is 2. The van der Waals surface area contributed by atoms with Crippen molar-refractivity contribution < 1.29 is 5.11 Å². The van der Waals surface area contributed by atoms with Gasteiger partial charge in [-0.3, -0.25) is 4.68 Å². The highest BCUT2D eigenvalue weighted by molar-refractivity contribution is 7.10. The Kier molecular flexibility index (Phi) is 2.26. The Bertz CT molecular complexity index is 421. The number of aryl methyl sites for hydroxylation is 1. The first-order valence-corrected chi connectivity index (χ1v) is 5.07. The molecule has 0 radical (unpaired) electrons. The molecule has 0 aromatic carbocycles. The van der Waals surface area contributed by atoms with E-state index in [1.807, 2.05) is 17.5 Å². The maximum atomic E-state index is 9.95. The summed E-state index contributed by atoms with van der Waals surface area (Å²) in [6.45, 7) is 0. The quantitative estimate of drug-likeness (QED) is 0.779. The number of aromatic nitrogens is 2. The number of aliphatic hydroxyl groups excluding tert-OH is 1. The zero-order chi connectivity index (χ0) is 10.1. The lowest BCUT2D eigenvalue weighted by atomic mass is 10.1. The molecule has 74 valence electrons. The summed E-state index contributed by atoms with van der Waals surface area (Å²) in [4.78, 5) is 0.879. The van der Waals surface area contributed by atoms with Crippen LogP contribution in [0, 0.1) is 0 Å². The standard InChI is InChI=1S/C9H11N3OS/c1-12-9(10)6(5-11-12)8(13)7-3-2-4-14-7/h2-5,8,13H,10H2,1H3. The van der Waals surface area contributed by atoms with E-state index >= 15 is 0 Å². The van der Waals surface area contributed by atoms with Gasteiger partial charge in [-0.2, -0.15) is 5.10 Å². The van der Waals surface area contributed by atoms with Crippen molar-refractivity contribution in [3.05, 3.63) is 34.2 Å². The van der Waals surface area contributed by atoms with Gasteiger partial charge >= 0.3 is 0 Å². The van der Waals surface area contributed by atoms with Gasteiger partial charge in [-0.1, -0.05) is 6.07 Å². The molecule has 14 heavy (non-hydrogen) atoms. The molecule has 3 N–H and O–H groups in total. The van der Waals surface area contributed by atoms with Crippen molar-refractivity contribution in [2.24, 2.45) is 7.05 Å². The second kappa shape index (κ2) is 3.43. The predicted molar refractivity (Wildman–Crippen MR) is 56.0 cm³/mol. The highest BCUT2D eigenvalue weighted by Crippen LogP contribution is 2.28.